The highest BCUT2D eigenvalue weighted by molar-refractivity contribution is 9.10. The van der Waals surface area contributed by atoms with Gasteiger partial charge < -0.3 is 9.47 Å². The number of hydrogen-bond donors (Lipinski definition) is 0. The van der Waals surface area contributed by atoms with E-state index in [1.54, 1.807) is 12.1 Å². The average Bonchev–Trinajstić information content (AvgIpc) is 2.52. The number of para-hydroxylation sites is 2. The Morgan fingerprint density at radius 1 is 1.26 bits per heavy atom. The first-order chi connectivity index (χ1) is 11.0. The molecule has 6 nitrogen and oxygen atoms in total. The van der Waals surface area contributed by atoms with E-state index >= 15 is 0 Å². The van der Waals surface area contributed by atoms with E-state index in [1.165, 1.54) is 30.3 Å². The zero-order valence-corrected chi connectivity index (χ0v) is 13.3. The number of carbonyl (C=O) groups is 1. The van der Waals surface area contributed by atoms with Gasteiger partial charge in [0.05, 0.1) is 4.92 Å². The van der Waals surface area contributed by atoms with Gasteiger partial charge in [-0.15, -0.1) is 0 Å². The second-order valence-corrected chi connectivity index (χ2v) is 5.33. The number of hydrogen-bond acceptors (Lipinski definition) is 5. The SMILES string of the molecule is O=C(COc1ccccc1[N+](=O)[O-])OCc1ccc(Br)cc1F. The lowest BCUT2D eigenvalue weighted by atomic mass is 10.2. The highest BCUT2D eigenvalue weighted by atomic mass is 79.9. The van der Waals surface area contributed by atoms with Gasteiger partial charge in [0.25, 0.3) is 0 Å². The van der Waals surface area contributed by atoms with Gasteiger partial charge in [-0.25, -0.2) is 9.18 Å². The lowest BCUT2D eigenvalue weighted by Crippen LogP contribution is -2.15. The summed E-state index contributed by atoms with van der Waals surface area (Å²) in [5.74, 6) is -1.30. The van der Waals surface area contributed by atoms with Gasteiger partial charge >= 0.3 is 11.7 Å². The van der Waals surface area contributed by atoms with Gasteiger partial charge in [0.2, 0.25) is 0 Å². The number of nitro groups is 1. The molecule has 0 aliphatic rings. The molecular formula is C15H11BrFNO5. The number of nitro benzene ring substituents is 1. The molecule has 0 atom stereocenters. The Morgan fingerprint density at radius 3 is 2.70 bits per heavy atom. The quantitative estimate of drug-likeness (QED) is 0.432. The summed E-state index contributed by atoms with van der Waals surface area (Å²) < 4.78 is 24.1. The number of carbonyl (C=O) groups excluding carboxylic acids is 1. The first-order valence-corrected chi connectivity index (χ1v) is 7.22. The van der Waals surface area contributed by atoms with Gasteiger partial charge in [-0.1, -0.05) is 34.1 Å². The highest BCUT2D eigenvalue weighted by Crippen LogP contribution is 2.25. The van der Waals surface area contributed by atoms with Crippen molar-refractivity contribution in [3.8, 4) is 5.75 Å². The lowest BCUT2D eigenvalue weighted by molar-refractivity contribution is -0.385. The number of nitrogens with zero attached hydrogens (tertiary/aromatic N) is 1. The Kier molecular flexibility index (Phi) is 5.64. The molecule has 0 fully saturated rings. The second kappa shape index (κ2) is 7.68. The van der Waals surface area contributed by atoms with Crippen LogP contribution in [0.1, 0.15) is 5.56 Å². The third-order valence-corrected chi connectivity index (χ3v) is 3.30. The Morgan fingerprint density at radius 2 is 2.00 bits per heavy atom. The molecule has 8 heteroatoms. The predicted molar refractivity (Wildman–Crippen MR) is 82.5 cm³/mol. The first kappa shape index (κ1) is 16.9. The molecule has 120 valence electrons. The monoisotopic (exact) mass is 383 g/mol. The molecule has 0 saturated carbocycles. The average molecular weight is 384 g/mol. The standard InChI is InChI=1S/C15H11BrFNO5/c16-11-6-5-10(12(17)7-11)8-23-15(19)9-22-14-4-2-1-3-13(14)18(20)21/h1-7H,8-9H2. The zero-order valence-electron chi connectivity index (χ0n) is 11.7. The van der Waals surface area contributed by atoms with E-state index in [-0.39, 0.29) is 23.6 Å². The fourth-order valence-electron chi connectivity index (χ4n) is 1.71. The minimum absolute atomic E-state index is 0.0377. The number of rotatable bonds is 6. The molecule has 0 aromatic heterocycles. The summed E-state index contributed by atoms with van der Waals surface area (Å²) in [5, 5.41) is 10.8. The fraction of sp³-hybridized carbons (Fsp3) is 0.133. The summed E-state index contributed by atoms with van der Waals surface area (Å²) in [7, 11) is 0. The van der Waals surface area contributed by atoms with Crippen LogP contribution < -0.4 is 4.74 Å². The van der Waals surface area contributed by atoms with Crippen LogP contribution in [-0.2, 0) is 16.1 Å². The molecule has 0 heterocycles. The minimum Gasteiger partial charge on any atom is -0.475 e. The maximum Gasteiger partial charge on any atom is 0.344 e. The third-order valence-electron chi connectivity index (χ3n) is 2.81. The van der Waals surface area contributed by atoms with Crippen LogP contribution in [0, 0.1) is 15.9 Å². The molecule has 0 unspecified atom stereocenters. The van der Waals surface area contributed by atoms with Crippen LogP contribution in [0.15, 0.2) is 46.9 Å². The molecular weight excluding hydrogens is 373 g/mol. The van der Waals surface area contributed by atoms with Gasteiger partial charge in [0, 0.05) is 16.1 Å². The summed E-state index contributed by atoms with van der Waals surface area (Å²) in [6, 6.07) is 10.0. The molecule has 0 aliphatic carbocycles. The summed E-state index contributed by atoms with van der Waals surface area (Å²) in [5.41, 5.74) is -0.0357. The number of benzene rings is 2. The van der Waals surface area contributed by atoms with E-state index in [1.807, 2.05) is 0 Å². The van der Waals surface area contributed by atoms with E-state index in [9.17, 15) is 19.3 Å². The minimum atomic E-state index is -0.759. The third kappa shape index (κ3) is 4.75. The molecule has 0 aliphatic heterocycles. The molecule has 23 heavy (non-hydrogen) atoms. The normalized spacial score (nSPS) is 10.2. The molecule has 0 N–H and O–H groups in total. The summed E-state index contributed by atoms with van der Waals surface area (Å²) in [4.78, 5) is 21.8. The van der Waals surface area contributed by atoms with Crippen molar-refractivity contribution >= 4 is 27.6 Å². The highest BCUT2D eigenvalue weighted by Gasteiger charge is 2.15. The molecule has 0 bridgehead atoms. The van der Waals surface area contributed by atoms with Crippen molar-refractivity contribution in [3.05, 3.63) is 68.4 Å². The van der Waals surface area contributed by atoms with Gasteiger partial charge in [-0.05, 0) is 18.2 Å². The van der Waals surface area contributed by atoms with Crippen molar-refractivity contribution in [2.45, 2.75) is 6.61 Å². The van der Waals surface area contributed by atoms with E-state index in [0.717, 1.165) is 0 Å². The molecule has 0 radical (unpaired) electrons. The van der Waals surface area contributed by atoms with Gasteiger partial charge in [-0.3, -0.25) is 10.1 Å². The van der Waals surface area contributed by atoms with Crippen LogP contribution in [-0.4, -0.2) is 17.5 Å². The second-order valence-electron chi connectivity index (χ2n) is 4.41. The van der Waals surface area contributed by atoms with E-state index in [0.29, 0.717) is 4.47 Å². The molecule has 0 spiro atoms. The molecule has 2 aromatic carbocycles. The maximum atomic E-state index is 13.6. The van der Waals surface area contributed by atoms with Gasteiger partial charge in [-0.2, -0.15) is 0 Å². The maximum absolute atomic E-state index is 13.6. The van der Waals surface area contributed by atoms with Crippen LogP contribution in [0.4, 0.5) is 10.1 Å². The molecule has 2 rings (SSSR count). The van der Waals surface area contributed by atoms with Crippen molar-refractivity contribution in [3.63, 3.8) is 0 Å². The topological polar surface area (TPSA) is 78.7 Å². The first-order valence-electron chi connectivity index (χ1n) is 6.43. The van der Waals surface area contributed by atoms with Crippen molar-refractivity contribution in [1.29, 1.82) is 0 Å². The van der Waals surface area contributed by atoms with Crippen LogP contribution in [0.2, 0.25) is 0 Å². The smallest absolute Gasteiger partial charge is 0.344 e. The number of ether oxygens (including phenoxy) is 2. The van der Waals surface area contributed by atoms with Crippen LogP contribution in [0.25, 0.3) is 0 Å². The summed E-state index contributed by atoms with van der Waals surface area (Å²) >= 11 is 3.12. The van der Waals surface area contributed by atoms with Crippen molar-refractivity contribution in [2.24, 2.45) is 0 Å². The largest absolute Gasteiger partial charge is 0.475 e. The van der Waals surface area contributed by atoms with Gasteiger partial charge in [0.1, 0.15) is 12.4 Å². The Hall–Kier alpha value is -2.48. The Bertz CT molecular complexity index is 738. The van der Waals surface area contributed by atoms with Crippen LogP contribution in [0.5, 0.6) is 5.75 Å². The Balaban J connectivity index is 1.90. The van der Waals surface area contributed by atoms with Crippen molar-refractivity contribution in [1.82, 2.24) is 0 Å². The van der Waals surface area contributed by atoms with E-state index < -0.39 is 23.3 Å². The van der Waals surface area contributed by atoms with Gasteiger partial charge in [0.15, 0.2) is 12.4 Å². The molecule has 2 aromatic rings. The predicted octanol–water partition coefficient (Wildman–Crippen LogP) is 3.62. The number of esters is 1. The summed E-state index contributed by atoms with van der Waals surface area (Å²) in [6.07, 6.45) is 0. The van der Waals surface area contributed by atoms with Crippen LogP contribution >= 0.6 is 15.9 Å². The molecule has 0 saturated heterocycles. The summed E-state index contributed by atoms with van der Waals surface area (Å²) in [6.45, 7) is -0.763. The van der Waals surface area contributed by atoms with Crippen LogP contribution in [0.3, 0.4) is 0 Å². The van der Waals surface area contributed by atoms with Crippen molar-refractivity contribution < 1.29 is 23.6 Å². The zero-order chi connectivity index (χ0) is 16.8. The number of halogens is 2. The van der Waals surface area contributed by atoms with E-state index in [2.05, 4.69) is 15.9 Å². The fourth-order valence-corrected chi connectivity index (χ4v) is 2.04. The van der Waals surface area contributed by atoms with E-state index in [4.69, 9.17) is 9.47 Å². The lowest BCUT2D eigenvalue weighted by Gasteiger charge is -2.08. The molecule has 0 amide bonds. The van der Waals surface area contributed by atoms with Crippen molar-refractivity contribution in [2.75, 3.05) is 6.61 Å². The Labute approximate surface area is 139 Å².